The zero-order valence-electron chi connectivity index (χ0n) is 11.6. The van der Waals surface area contributed by atoms with Gasteiger partial charge in [0, 0.05) is 13.1 Å². The van der Waals surface area contributed by atoms with E-state index < -0.39 is 21.7 Å². The van der Waals surface area contributed by atoms with Crippen molar-refractivity contribution in [3.05, 3.63) is 0 Å². The van der Waals surface area contributed by atoms with Crippen LogP contribution in [0, 0.1) is 0 Å². The molecule has 0 heterocycles. The normalized spacial score (nSPS) is 11.8. The Morgan fingerprint density at radius 2 is 1.74 bits per heavy atom. The minimum atomic E-state index is -3.57. The first-order valence-corrected chi connectivity index (χ1v) is 7.66. The third-order valence-corrected chi connectivity index (χ3v) is 3.78. The summed E-state index contributed by atoms with van der Waals surface area (Å²) in [6.07, 6.45) is 0.0245. The first-order valence-electron chi connectivity index (χ1n) is 5.77. The van der Waals surface area contributed by atoms with Crippen LogP contribution in [0.4, 0.5) is 4.79 Å². The number of carbonyl (C=O) groups excluding carboxylic acids is 1. The summed E-state index contributed by atoms with van der Waals surface area (Å²) in [4.78, 5) is 11.3. The van der Waals surface area contributed by atoms with Gasteiger partial charge in [-0.25, -0.2) is 17.9 Å². The van der Waals surface area contributed by atoms with Gasteiger partial charge in [-0.15, -0.1) is 0 Å². The first-order chi connectivity index (χ1) is 8.58. The largest absolute Gasteiger partial charge is 0.444 e. The van der Waals surface area contributed by atoms with Crippen molar-refractivity contribution in [2.24, 2.45) is 0 Å². The molecule has 0 aliphatic carbocycles. The minimum Gasteiger partial charge on any atom is -0.444 e. The van der Waals surface area contributed by atoms with Crippen LogP contribution >= 0.6 is 12.2 Å². The van der Waals surface area contributed by atoms with E-state index in [-0.39, 0.29) is 4.32 Å². The number of alkyl carbamates (subject to hydrolysis) is 1. The fraction of sp³-hybridized carbons (Fsp3) is 0.800. The average Bonchev–Trinajstić information content (AvgIpc) is 2.25. The predicted octanol–water partition coefficient (Wildman–Crippen LogP) is 0.325. The summed E-state index contributed by atoms with van der Waals surface area (Å²) in [5.41, 5.74) is -0.537. The molecule has 0 radical (unpaired) electrons. The molecule has 1 amide bonds. The molecule has 0 rings (SSSR count). The zero-order chi connectivity index (χ0) is 15.1. The molecule has 0 fully saturated rings. The van der Waals surface area contributed by atoms with E-state index in [4.69, 9.17) is 4.74 Å². The third kappa shape index (κ3) is 8.73. The highest BCUT2D eigenvalue weighted by atomic mass is 32.2. The van der Waals surface area contributed by atoms with Crippen molar-refractivity contribution in [2.75, 3.05) is 20.1 Å². The molecule has 0 aromatic heterocycles. The molecule has 0 aromatic rings. The van der Waals surface area contributed by atoms with Crippen LogP contribution in [0.1, 0.15) is 27.2 Å². The number of sulfonamides is 1. The molecular formula is C10H21N3O4S2. The molecule has 0 atom stereocenters. The standard InChI is InChI=1S/C10H21N3O4S2/c1-10(2,3)17-8(14)12-6-5-7-13-9(18)19(15,16)11-4/h11H,5-7H2,1-4H3,(H,12,14)(H,13,18). The van der Waals surface area contributed by atoms with Gasteiger partial charge >= 0.3 is 6.09 Å². The molecule has 0 aliphatic heterocycles. The quantitative estimate of drug-likeness (QED) is 0.500. The smallest absolute Gasteiger partial charge is 0.407 e. The van der Waals surface area contributed by atoms with Crippen molar-refractivity contribution in [3.63, 3.8) is 0 Å². The van der Waals surface area contributed by atoms with Crippen LogP contribution in [0.5, 0.6) is 0 Å². The van der Waals surface area contributed by atoms with Crippen molar-refractivity contribution < 1.29 is 17.9 Å². The van der Waals surface area contributed by atoms with Gasteiger partial charge in [-0.05, 0) is 46.5 Å². The number of rotatable bonds is 5. The van der Waals surface area contributed by atoms with E-state index >= 15 is 0 Å². The van der Waals surface area contributed by atoms with E-state index in [0.29, 0.717) is 19.5 Å². The molecule has 0 aliphatic rings. The summed E-state index contributed by atoms with van der Waals surface area (Å²) >= 11 is 4.69. The second-order valence-corrected chi connectivity index (χ2v) is 7.19. The fourth-order valence-electron chi connectivity index (χ4n) is 0.971. The van der Waals surface area contributed by atoms with E-state index in [9.17, 15) is 13.2 Å². The van der Waals surface area contributed by atoms with E-state index in [1.54, 1.807) is 20.8 Å². The van der Waals surface area contributed by atoms with E-state index in [2.05, 4.69) is 27.6 Å². The molecule has 0 saturated heterocycles. The number of thiocarbonyl (C=S) groups is 1. The van der Waals surface area contributed by atoms with Gasteiger partial charge in [-0.3, -0.25) is 0 Å². The Bertz CT molecular complexity index is 415. The molecule has 0 aromatic carbocycles. The Kier molecular flexibility index (Phi) is 7.24. The van der Waals surface area contributed by atoms with Gasteiger partial charge in [0.1, 0.15) is 5.60 Å². The molecule has 0 spiro atoms. The highest BCUT2D eigenvalue weighted by Gasteiger charge is 2.16. The molecule has 112 valence electrons. The molecule has 9 heteroatoms. The van der Waals surface area contributed by atoms with Crippen LogP contribution in [0.15, 0.2) is 0 Å². The summed E-state index contributed by atoms with van der Waals surface area (Å²) in [7, 11) is -2.28. The van der Waals surface area contributed by atoms with Gasteiger partial charge in [0.15, 0.2) is 0 Å². The van der Waals surface area contributed by atoms with Gasteiger partial charge in [-0.2, -0.15) is 0 Å². The summed E-state index contributed by atoms with van der Waals surface area (Å²) < 4.78 is 29.3. The second-order valence-electron chi connectivity index (χ2n) is 4.70. The van der Waals surface area contributed by atoms with E-state index in [1.165, 1.54) is 7.05 Å². The second kappa shape index (κ2) is 7.61. The number of nitrogens with one attached hydrogen (secondary N) is 3. The highest BCUT2D eigenvalue weighted by Crippen LogP contribution is 2.06. The minimum absolute atomic E-state index is 0.257. The lowest BCUT2D eigenvalue weighted by Crippen LogP contribution is -2.38. The molecule has 7 nitrogen and oxygen atoms in total. The Hall–Kier alpha value is -0.930. The Balaban J connectivity index is 3.78. The topological polar surface area (TPSA) is 96.5 Å². The lowest BCUT2D eigenvalue weighted by molar-refractivity contribution is 0.0527. The van der Waals surface area contributed by atoms with Gasteiger partial charge in [0.2, 0.25) is 4.32 Å². The summed E-state index contributed by atoms with van der Waals surface area (Å²) in [5.74, 6) is 0. The fourth-order valence-corrected chi connectivity index (χ4v) is 1.80. The molecule has 0 saturated carbocycles. The summed E-state index contributed by atoms with van der Waals surface area (Å²) in [6, 6.07) is 0. The van der Waals surface area contributed by atoms with Gasteiger partial charge in [0.25, 0.3) is 10.0 Å². The maximum atomic E-state index is 11.3. The van der Waals surface area contributed by atoms with Crippen LogP contribution in [-0.4, -0.2) is 44.6 Å². The maximum absolute atomic E-state index is 11.3. The van der Waals surface area contributed by atoms with Crippen LogP contribution in [0.2, 0.25) is 0 Å². The molecule has 0 bridgehead atoms. The zero-order valence-corrected chi connectivity index (χ0v) is 13.2. The van der Waals surface area contributed by atoms with Crippen LogP contribution < -0.4 is 15.4 Å². The summed E-state index contributed by atoms with van der Waals surface area (Å²) in [5, 5.41) is 5.14. The van der Waals surface area contributed by atoms with Crippen molar-refractivity contribution >= 4 is 32.7 Å². The number of hydrogen-bond donors (Lipinski definition) is 3. The van der Waals surface area contributed by atoms with Crippen molar-refractivity contribution in [2.45, 2.75) is 32.8 Å². The third-order valence-electron chi connectivity index (χ3n) is 1.80. The molecule has 3 N–H and O–H groups in total. The Labute approximate surface area is 119 Å². The van der Waals surface area contributed by atoms with Gasteiger partial charge in [0.05, 0.1) is 0 Å². The SMILES string of the molecule is CNS(=O)(=O)C(=S)NCCCNC(=O)OC(C)(C)C. The van der Waals surface area contributed by atoms with E-state index in [1.807, 2.05) is 0 Å². The molecular weight excluding hydrogens is 290 g/mol. The number of ether oxygens (including phenoxy) is 1. The predicted molar refractivity (Wildman–Crippen MR) is 77.4 cm³/mol. The average molecular weight is 311 g/mol. The number of carbonyl (C=O) groups is 1. The van der Waals surface area contributed by atoms with Crippen molar-refractivity contribution in [3.8, 4) is 0 Å². The van der Waals surface area contributed by atoms with Crippen LogP contribution in [0.3, 0.4) is 0 Å². The van der Waals surface area contributed by atoms with E-state index in [0.717, 1.165) is 0 Å². The maximum Gasteiger partial charge on any atom is 0.407 e. The van der Waals surface area contributed by atoms with Gasteiger partial charge in [-0.1, -0.05) is 0 Å². The number of amides is 1. The highest BCUT2D eigenvalue weighted by molar-refractivity contribution is 8.15. The number of hydrogen-bond acceptors (Lipinski definition) is 5. The lowest BCUT2D eigenvalue weighted by Gasteiger charge is -2.19. The molecule has 0 unspecified atom stereocenters. The van der Waals surface area contributed by atoms with Gasteiger partial charge < -0.3 is 15.4 Å². The summed E-state index contributed by atoms with van der Waals surface area (Å²) in [6.45, 7) is 6.03. The van der Waals surface area contributed by atoms with Crippen molar-refractivity contribution in [1.82, 2.24) is 15.4 Å². The van der Waals surface area contributed by atoms with Crippen LogP contribution in [0.25, 0.3) is 0 Å². The molecule has 19 heavy (non-hydrogen) atoms. The van der Waals surface area contributed by atoms with Crippen LogP contribution in [-0.2, 0) is 14.8 Å². The lowest BCUT2D eigenvalue weighted by atomic mass is 10.2. The Morgan fingerprint density at radius 3 is 2.21 bits per heavy atom. The first kappa shape index (κ1) is 18.1. The Morgan fingerprint density at radius 1 is 1.21 bits per heavy atom. The van der Waals surface area contributed by atoms with Crippen molar-refractivity contribution in [1.29, 1.82) is 0 Å². The monoisotopic (exact) mass is 311 g/mol.